The average Bonchev–Trinajstić information content (AvgIpc) is 2.66. The predicted molar refractivity (Wildman–Crippen MR) is 104 cm³/mol. The molecule has 0 saturated heterocycles. The molecule has 0 fully saturated rings. The number of hydrogen-bond acceptors (Lipinski definition) is 5. The number of hydrogen-bond donors (Lipinski definition) is 1. The Morgan fingerprint density at radius 1 is 1.23 bits per heavy atom. The van der Waals surface area contributed by atoms with Crippen molar-refractivity contribution in [2.45, 2.75) is 6.42 Å². The summed E-state index contributed by atoms with van der Waals surface area (Å²) in [5, 5.41) is 11.5. The second-order valence-corrected chi connectivity index (χ2v) is 6.24. The summed E-state index contributed by atoms with van der Waals surface area (Å²) in [7, 11) is 1.60. The summed E-state index contributed by atoms with van der Waals surface area (Å²) in [6.45, 7) is 0. The van der Waals surface area contributed by atoms with Crippen LogP contribution in [-0.4, -0.2) is 28.2 Å². The zero-order valence-corrected chi connectivity index (χ0v) is 15.4. The van der Waals surface area contributed by atoms with Gasteiger partial charge in [0, 0.05) is 11.4 Å². The zero-order chi connectivity index (χ0) is 18.5. The second kappa shape index (κ2) is 8.07. The summed E-state index contributed by atoms with van der Waals surface area (Å²) >= 11 is 11.0. The minimum Gasteiger partial charge on any atom is -0.497 e. The van der Waals surface area contributed by atoms with Crippen molar-refractivity contribution in [3.63, 3.8) is 0 Å². The van der Waals surface area contributed by atoms with Gasteiger partial charge >= 0.3 is 0 Å². The minimum absolute atomic E-state index is 0.125. The number of halogens is 1. The molecule has 1 heterocycles. The van der Waals surface area contributed by atoms with E-state index in [0.29, 0.717) is 17.1 Å². The molecule has 6 nitrogen and oxygen atoms in total. The Morgan fingerprint density at radius 2 is 1.92 bits per heavy atom. The molecule has 3 rings (SSSR count). The Kier molecular flexibility index (Phi) is 5.60. The topological polar surface area (TPSA) is 72.3 Å². The first-order chi connectivity index (χ1) is 12.6. The van der Waals surface area contributed by atoms with Crippen LogP contribution in [0.1, 0.15) is 16.8 Å². The van der Waals surface area contributed by atoms with Crippen LogP contribution in [0.3, 0.4) is 0 Å². The van der Waals surface area contributed by atoms with Crippen molar-refractivity contribution in [2.24, 2.45) is 5.10 Å². The maximum absolute atomic E-state index is 12.6. The smallest absolute Gasteiger partial charge is 0.297 e. The van der Waals surface area contributed by atoms with E-state index in [0.717, 1.165) is 21.6 Å². The maximum atomic E-state index is 12.6. The summed E-state index contributed by atoms with van der Waals surface area (Å²) in [4.78, 5) is 12.6. The maximum Gasteiger partial charge on any atom is 0.297 e. The van der Waals surface area contributed by atoms with Gasteiger partial charge in [-0.15, -0.1) is 0 Å². The lowest BCUT2D eigenvalue weighted by Gasteiger charge is -2.04. The lowest BCUT2D eigenvalue weighted by molar-refractivity contribution is 0.415. The van der Waals surface area contributed by atoms with Gasteiger partial charge in [0.2, 0.25) is 4.77 Å². The van der Waals surface area contributed by atoms with Gasteiger partial charge in [-0.2, -0.15) is 14.9 Å². The molecule has 0 aliphatic heterocycles. The molecule has 132 valence electrons. The second-order valence-electron chi connectivity index (χ2n) is 5.41. The Bertz CT molecular complexity index is 1040. The highest BCUT2D eigenvalue weighted by molar-refractivity contribution is 7.71. The first-order valence-corrected chi connectivity index (χ1v) is 8.49. The summed E-state index contributed by atoms with van der Waals surface area (Å²) in [6, 6.07) is 14.5. The van der Waals surface area contributed by atoms with Gasteiger partial charge in [0.05, 0.1) is 13.3 Å². The van der Waals surface area contributed by atoms with E-state index in [1.165, 1.54) is 0 Å². The quantitative estimate of drug-likeness (QED) is 0.538. The third-order valence-corrected chi connectivity index (χ3v) is 4.16. The van der Waals surface area contributed by atoms with Gasteiger partial charge in [-0.3, -0.25) is 9.89 Å². The van der Waals surface area contributed by atoms with Crippen LogP contribution in [0.5, 0.6) is 5.75 Å². The van der Waals surface area contributed by atoms with Gasteiger partial charge in [0.1, 0.15) is 11.4 Å². The molecule has 3 aromatic rings. The van der Waals surface area contributed by atoms with Crippen molar-refractivity contribution in [3.8, 4) is 5.75 Å². The SMILES string of the molecule is COc1ccc(/C=N/n2c(=S)[nH]nc(Cc3ccc(Cl)cc3)c2=O)cc1. The van der Waals surface area contributed by atoms with Crippen LogP contribution in [0, 0.1) is 4.77 Å². The van der Waals surface area contributed by atoms with Crippen LogP contribution in [0.25, 0.3) is 0 Å². The monoisotopic (exact) mass is 386 g/mol. The van der Waals surface area contributed by atoms with Gasteiger partial charge in [0.15, 0.2) is 0 Å². The third-order valence-electron chi connectivity index (χ3n) is 3.64. The van der Waals surface area contributed by atoms with Crippen LogP contribution in [-0.2, 0) is 6.42 Å². The van der Waals surface area contributed by atoms with E-state index in [1.54, 1.807) is 25.5 Å². The third kappa shape index (κ3) is 4.25. The number of methoxy groups -OCH3 is 1. The molecule has 0 amide bonds. The molecule has 26 heavy (non-hydrogen) atoms. The van der Waals surface area contributed by atoms with Gasteiger partial charge in [-0.05, 0) is 59.7 Å². The van der Waals surface area contributed by atoms with Gasteiger partial charge < -0.3 is 4.74 Å². The Balaban J connectivity index is 1.89. The minimum atomic E-state index is -0.367. The molecule has 0 saturated carbocycles. The number of nitrogens with zero attached hydrogens (tertiary/aromatic N) is 3. The van der Waals surface area contributed by atoms with Crippen molar-refractivity contribution < 1.29 is 4.74 Å². The fourth-order valence-corrected chi connectivity index (χ4v) is 2.56. The molecule has 8 heteroatoms. The van der Waals surface area contributed by atoms with Crippen molar-refractivity contribution in [3.05, 3.63) is 85.5 Å². The molecule has 0 unspecified atom stereocenters. The Hall–Kier alpha value is -2.77. The van der Waals surface area contributed by atoms with Crippen molar-refractivity contribution in [1.82, 2.24) is 14.9 Å². The molecule has 1 aromatic heterocycles. The molecular formula is C18H15ClN4O2S. The number of nitrogens with one attached hydrogen (secondary N) is 1. The van der Waals surface area contributed by atoms with Crippen molar-refractivity contribution in [1.29, 1.82) is 0 Å². The first-order valence-electron chi connectivity index (χ1n) is 7.70. The van der Waals surface area contributed by atoms with E-state index >= 15 is 0 Å². The summed E-state index contributed by atoms with van der Waals surface area (Å²) < 4.78 is 6.36. The van der Waals surface area contributed by atoms with E-state index in [9.17, 15) is 4.79 Å². The summed E-state index contributed by atoms with van der Waals surface area (Å²) in [6.07, 6.45) is 1.90. The fourth-order valence-electron chi connectivity index (χ4n) is 2.25. The molecule has 2 aromatic carbocycles. The lowest BCUT2D eigenvalue weighted by Crippen LogP contribution is -2.25. The van der Waals surface area contributed by atoms with Crippen molar-refractivity contribution >= 4 is 30.0 Å². The van der Waals surface area contributed by atoms with Crippen LogP contribution in [0.2, 0.25) is 5.02 Å². The fraction of sp³-hybridized carbons (Fsp3) is 0.111. The summed E-state index contributed by atoms with van der Waals surface area (Å²) in [5.41, 5.74) is 1.67. The van der Waals surface area contributed by atoms with Crippen LogP contribution in [0.15, 0.2) is 58.4 Å². The Labute approximate surface area is 159 Å². The zero-order valence-electron chi connectivity index (χ0n) is 13.8. The van der Waals surface area contributed by atoms with Crippen molar-refractivity contribution in [2.75, 3.05) is 7.11 Å². The normalized spacial score (nSPS) is 11.0. The Morgan fingerprint density at radius 3 is 2.58 bits per heavy atom. The number of ether oxygens (including phenoxy) is 1. The van der Waals surface area contributed by atoms with Crippen LogP contribution >= 0.6 is 23.8 Å². The average molecular weight is 387 g/mol. The van der Waals surface area contributed by atoms with E-state index in [-0.39, 0.29) is 10.3 Å². The van der Waals surface area contributed by atoms with E-state index < -0.39 is 0 Å². The number of aromatic nitrogens is 3. The van der Waals surface area contributed by atoms with E-state index in [4.69, 9.17) is 28.6 Å². The molecule has 0 radical (unpaired) electrons. The highest BCUT2D eigenvalue weighted by Crippen LogP contribution is 2.11. The molecular weight excluding hydrogens is 372 g/mol. The molecule has 0 atom stereocenters. The number of H-pyrrole nitrogens is 1. The highest BCUT2D eigenvalue weighted by atomic mass is 35.5. The summed E-state index contributed by atoms with van der Waals surface area (Å²) in [5.74, 6) is 0.741. The number of benzene rings is 2. The highest BCUT2D eigenvalue weighted by Gasteiger charge is 2.08. The van der Waals surface area contributed by atoms with Crippen LogP contribution in [0.4, 0.5) is 0 Å². The molecule has 0 aliphatic carbocycles. The van der Waals surface area contributed by atoms with E-state index in [2.05, 4.69) is 15.3 Å². The molecule has 0 spiro atoms. The molecule has 0 bridgehead atoms. The number of rotatable bonds is 5. The van der Waals surface area contributed by atoms with Gasteiger partial charge in [0.25, 0.3) is 5.56 Å². The predicted octanol–water partition coefficient (Wildman–Crippen LogP) is 3.44. The first kappa shape index (κ1) is 18.0. The lowest BCUT2D eigenvalue weighted by atomic mass is 10.1. The standard InChI is InChI=1S/C18H15ClN4O2S/c1-25-15-8-4-13(5-9-15)11-20-23-17(24)16(21-22-18(23)26)10-12-2-6-14(19)7-3-12/h2-9,11H,10H2,1H3,(H,22,26)/b20-11+. The largest absolute Gasteiger partial charge is 0.497 e. The van der Waals surface area contributed by atoms with Gasteiger partial charge in [-0.25, -0.2) is 0 Å². The molecule has 0 aliphatic rings. The number of aromatic amines is 1. The molecule has 1 N–H and O–H groups in total. The van der Waals surface area contributed by atoms with Crippen LogP contribution < -0.4 is 10.3 Å². The van der Waals surface area contributed by atoms with E-state index in [1.807, 2.05) is 36.4 Å². The van der Waals surface area contributed by atoms with Gasteiger partial charge in [-0.1, -0.05) is 23.7 Å².